The third-order valence-electron chi connectivity index (χ3n) is 4.14. The minimum absolute atomic E-state index is 0.0547. The molecule has 0 aromatic heterocycles. The van der Waals surface area contributed by atoms with Crippen molar-refractivity contribution >= 4 is 11.6 Å². The topological polar surface area (TPSA) is 98.3 Å². The van der Waals surface area contributed by atoms with E-state index >= 15 is 0 Å². The van der Waals surface area contributed by atoms with Crippen molar-refractivity contribution in [2.45, 2.75) is 38.1 Å². The molecule has 0 spiro atoms. The molecule has 0 heterocycles. The SMILES string of the molecule is NCC(NC(=O)c1cc(F)cc([N+](=O)[O-])c1)C1CCCCC1. The molecule has 0 saturated heterocycles. The van der Waals surface area contributed by atoms with Gasteiger partial charge in [-0.3, -0.25) is 14.9 Å². The third-order valence-corrected chi connectivity index (χ3v) is 4.14. The van der Waals surface area contributed by atoms with E-state index in [0.29, 0.717) is 12.5 Å². The van der Waals surface area contributed by atoms with Crippen LogP contribution in [0.15, 0.2) is 18.2 Å². The van der Waals surface area contributed by atoms with Crippen LogP contribution in [-0.2, 0) is 0 Å². The Hall–Kier alpha value is -2.02. The minimum atomic E-state index is -0.804. The van der Waals surface area contributed by atoms with Crippen LogP contribution in [0.2, 0.25) is 0 Å². The molecule has 1 aliphatic rings. The van der Waals surface area contributed by atoms with Crippen molar-refractivity contribution in [3.8, 4) is 0 Å². The summed E-state index contributed by atoms with van der Waals surface area (Å²) in [6.45, 7) is 0.299. The number of carbonyl (C=O) groups excluding carboxylic acids is 1. The van der Waals surface area contributed by atoms with E-state index in [2.05, 4.69) is 5.32 Å². The molecule has 120 valence electrons. The van der Waals surface area contributed by atoms with Gasteiger partial charge in [0.2, 0.25) is 0 Å². The fourth-order valence-corrected chi connectivity index (χ4v) is 2.97. The average Bonchev–Trinajstić information content (AvgIpc) is 2.52. The number of non-ortho nitro benzene ring substituents is 1. The molecule has 6 nitrogen and oxygen atoms in total. The van der Waals surface area contributed by atoms with Gasteiger partial charge in [-0.2, -0.15) is 0 Å². The monoisotopic (exact) mass is 309 g/mol. The molecule has 1 unspecified atom stereocenters. The Labute approximate surface area is 128 Å². The molecule has 0 radical (unpaired) electrons. The van der Waals surface area contributed by atoms with Crippen molar-refractivity contribution < 1.29 is 14.1 Å². The van der Waals surface area contributed by atoms with E-state index in [0.717, 1.165) is 43.9 Å². The summed E-state index contributed by atoms with van der Waals surface area (Å²) in [6.07, 6.45) is 5.43. The lowest BCUT2D eigenvalue weighted by Crippen LogP contribution is -2.45. The summed E-state index contributed by atoms with van der Waals surface area (Å²) in [5, 5.41) is 13.5. The van der Waals surface area contributed by atoms with Crippen LogP contribution in [0.3, 0.4) is 0 Å². The van der Waals surface area contributed by atoms with Gasteiger partial charge < -0.3 is 11.1 Å². The number of hydrogen-bond donors (Lipinski definition) is 2. The zero-order chi connectivity index (χ0) is 16.1. The number of rotatable bonds is 5. The van der Waals surface area contributed by atoms with Crippen LogP contribution in [0.1, 0.15) is 42.5 Å². The van der Waals surface area contributed by atoms with E-state index in [-0.39, 0.29) is 11.6 Å². The Bertz CT molecular complexity index is 559. The largest absolute Gasteiger partial charge is 0.348 e. The van der Waals surface area contributed by atoms with Crippen LogP contribution >= 0.6 is 0 Å². The van der Waals surface area contributed by atoms with Gasteiger partial charge in [-0.25, -0.2) is 4.39 Å². The van der Waals surface area contributed by atoms with Gasteiger partial charge in [-0.05, 0) is 24.8 Å². The summed E-state index contributed by atoms with van der Waals surface area (Å²) >= 11 is 0. The van der Waals surface area contributed by atoms with Gasteiger partial charge in [0.15, 0.2) is 0 Å². The maximum absolute atomic E-state index is 13.4. The van der Waals surface area contributed by atoms with Gasteiger partial charge >= 0.3 is 0 Å². The molecule has 1 atom stereocenters. The quantitative estimate of drug-likeness (QED) is 0.644. The summed E-state index contributed by atoms with van der Waals surface area (Å²) in [5.41, 5.74) is 5.25. The van der Waals surface area contributed by atoms with E-state index in [4.69, 9.17) is 5.73 Å². The number of halogens is 1. The second-order valence-corrected chi connectivity index (χ2v) is 5.67. The maximum Gasteiger partial charge on any atom is 0.273 e. The van der Waals surface area contributed by atoms with Gasteiger partial charge in [0.1, 0.15) is 5.82 Å². The molecule has 0 bridgehead atoms. The lowest BCUT2D eigenvalue weighted by atomic mass is 9.84. The molecular weight excluding hydrogens is 289 g/mol. The Kier molecular flexibility index (Phi) is 5.43. The second kappa shape index (κ2) is 7.31. The fourth-order valence-electron chi connectivity index (χ4n) is 2.97. The standard InChI is InChI=1S/C15H20FN3O3/c16-12-6-11(7-13(8-12)19(21)22)15(20)18-14(9-17)10-4-2-1-3-5-10/h6-8,10,14H,1-5,9,17H2,(H,18,20). The van der Waals surface area contributed by atoms with Crippen LogP contribution in [0, 0.1) is 21.8 Å². The van der Waals surface area contributed by atoms with Crippen LogP contribution in [-0.4, -0.2) is 23.4 Å². The number of benzene rings is 1. The number of carbonyl (C=O) groups is 1. The molecule has 2 rings (SSSR count). The smallest absolute Gasteiger partial charge is 0.273 e. The molecule has 1 aromatic carbocycles. The molecule has 22 heavy (non-hydrogen) atoms. The fraction of sp³-hybridized carbons (Fsp3) is 0.533. The third kappa shape index (κ3) is 4.00. The van der Waals surface area contributed by atoms with Crippen LogP contribution in [0.4, 0.5) is 10.1 Å². The number of nitrogens with one attached hydrogen (secondary N) is 1. The molecular formula is C15H20FN3O3. The maximum atomic E-state index is 13.4. The van der Waals surface area contributed by atoms with Gasteiger partial charge in [0.25, 0.3) is 11.6 Å². The van der Waals surface area contributed by atoms with Crippen molar-refractivity contribution in [2.24, 2.45) is 11.7 Å². The average molecular weight is 309 g/mol. The zero-order valence-electron chi connectivity index (χ0n) is 12.3. The molecule has 1 aromatic rings. The molecule has 1 fully saturated rings. The van der Waals surface area contributed by atoms with Crippen molar-refractivity contribution in [3.63, 3.8) is 0 Å². The number of amides is 1. The van der Waals surface area contributed by atoms with Gasteiger partial charge in [0.05, 0.1) is 11.0 Å². The highest BCUT2D eigenvalue weighted by molar-refractivity contribution is 5.95. The Morgan fingerprint density at radius 3 is 2.64 bits per heavy atom. The van der Waals surface area contributed by atoms with E-state index in [1.54, 1.807) is 0 Å². The van der Waals surface area contributed by atoms with Crippen molar-refractivity contribution in [3.05, 3.63) is 39.7 Å². The second-order valence-electron chi connectivity index (χ2n) is 5.67. The van der Waals surface area contributed by atoms with Crippen LogP contribution < -0.4 is 11.1 Å². The number of nitro benzene ring substituents is 1. The molecule has 7 heteroatoms. The van der Waals surface area contributed by atoms with Gasteiger partial charge in [-0.1, -0.05) is 19.3 Å². The lowest BCUT2D eigenvalue weighted by Gasteiger charge is -2.30. The highest BCUT2D eigenvalue weighted by atomic mass is 19.1. The van der Waals surface area contributed by atoms with E-state index in [1.807, 2.05) is 0 Å². The molecule has 0 aliphatic heterocycles. The zero-order valence-corrected chi connectivity index (χ0v) is 12.3. The van der Waals surface area contributed by atoms with Gasteiger partial charge in [0, 0.05) is 24.2 Å². The molecule has 1 aliphatic carbocycles. The summed E-state index contributed by atoms with van der Waals surface area (Å²) in [6, 6.07) is 2.68. The first-order chi connectivity index (χ1) is 10.5. The van der Waals surface area contributed by atoms with Crippen LogP contribution in [0.25, 0.3) is 0 Å². The molecule has 1 saturated carbocycles. The Morgan fingerprint density at radius 1 is 1.36 bits per heavy atom. The van der Waals surface area contributed by atoms with Crippen molar-refractivity contribution in [1.29, 1.82) is 0 Å². The minimum Gasteiger partial charge on any atom is -0.348 e. The van der Waals surface area contributed by atoms with Crippen molar-refractivity contribution in [1.82, 2.24) is 5.32 Å². The molecule has 1 amide bonds. The Balaban J connectivity index is 2.11. The summed E-state index contributed by atoms with van der Waals surface area (Å²) in [4.78, 5) is 22.2. The first-order valence-electron chi connectivity index (χ1n) is 7.47. The normalized spacial score (nSPS) is 17.0. The highest BCUT2D eigenvalue weighted by Gasteiger charge is 2.25. The van der Waals surface area contributed by atoms with E-state index in [9.17, 15) is 19.3 Å². The Morgan fingerprint density at radius 2 is 2.05 bits per heavy atom. The lowest BCUT2D eigenvalue weighted by molar-refractivity contribution is -0.385. The highest BCUT2D eigenvalue weighted by Crippen LogP contribution is 2.26. The first-order valence-corrected chi connectivity index (χ1v) is 7.47. The summed E-state index contributed by atoms with van der Waals surface area (Å²) in [7, 11) is 0. The number of hydrogen-bond acceptors (Lipinski definition) is 4. The van der Waals surface area contributed by atoms with Gasteiger partial charge in [-0.15, -0.1) is 0 Å². The van der Waals surface area contributed by atoms with Crippen LogP contribution in [0.5, 0.6) is 0 Å². The summed E-state index contributed by atoms with van der Waals surface area (Å²) in [5.74, 6) is -1.02. The van der Waals surface area contributed by atoms with E-state index < -0.39 is 22.3 Å². The number of nitrogens with two attached hydrogens (primary N) is 1. The van der Waals surface area contributed by atoms with E-state index in [1.165, 1.54) is 6.42 Å². The first kappa shape index (κ1) is 16.4. The molecule has 3 N–H and O–H groups in total. The predicted molar refractivity (Wildman–Crippen MR) is 79.9 cm³/mol. The summed E-state index contributed by atoms with van der Waals surface area (Å²) < 4.78 is 13.4. The number of nitro groups is 1. The predicted octanol–water partition coefficient (Wildman–Crippen LogP) is 2.37. The van der Waals surface area contributed by atoms with Crippen molar-refractivity contribution in [2.75, 3.05) is 6.54 Å². The number of nitrogens with zero attached hydrogens (tertiary/aromatic N) is 1.